The van der Waals surface area contributed by atoms with Crippen molar-refractivity contribution in [3.8, 4) is 11.1 Å². The van der Waals surface area contributed by atoms with E-state index in [1.165, 1.54) is 0 Å². The monoisotopic (exact) mass is 479 g/mol. The van der Waals surface area contributed by atoms with Crippen LogP contribution in [0.25, 0.3) is 11.1 Å². The number of aliphatic hydroxyl groups excluding tert-OH is 2. The molecule has 3 N–H and O–H groups in total. The summed E-state index contributed by atoms with van der Waals surface area (Å²) in [7, 11) is 0. The fourth-order valence-electron chi connectivity index (χ4n) is 5.19. The van der Waals surface area contributed by atoms with Gasteiger partial charge in [-0.05, 0) is 59.8 Å². The van der Waals surface area contributed by atoms with Gasteiger partial charge in [0.05, 0.1) is 12.7 Å². The zero-order valence-electron chi connectivity index (χ0n) is 19.9. The van der Waals surface area contributed by atoms with Crippen molar-refractivity contribution in [3.63, 3.8) is 0 Å². The average molecular weight is 480 g/mol. The van der Waals surface area contributed by atoms with Crippen molar-refractivity contribution in [3.05, 3.63) is 59.7 Å². The summed E-state index contributed by atoms with van der Waals surface area (Å²) in [6.45, 7) is 1.21. The average Bonchev–Trinajstić information content (AvgIpc) is 3.81. The van der Waals surface area contributed by atoms with Gasteiger partial charge in [0.15, 0.2) is 0 Å². The van der Waals surface area contributed by atoms with Gasteiger partial charge in [-0.2, -0.15) is 0 Å². The molecule has 186 valence electrons. The zero-order chi connectivity index (χ0) is 24.5. The number of benzene rings is 2. The smallest absolute Gasteiger partial charge is 0.407 e. The van der Waals surface area contributed by atoms with Crippen LogP contribution in [0.15, 0.2) is 48.5 Å². The highest BCUT2D eigenvalue weighted by molar-refractivity contribution is 5.82. The molecule has 3 aliphatic rings. The highest BCUT2D eigenvalue weighted by Crippen LogP contribution is 2.47. The quantitative estimate of drug-likeness (QED) is 0.450. The molecule has 3 atom stereocenters. The Morgan fingerprint density at radius 3 is 2.03 bits per heavy atom. The maximum atomic E-state index is 13.1. The second-order valence-corrected chi connectivity index (χ2v) is 10.1. The van der Waals surface area contributed by atoms with E-state index >= 15 is 0 Å². The van der Waals surface area contributed by atoms with Crippen molar-refractivity contribution in [2.24, 2.45) is 17.8 Å². The topological polar surface area (TPSA) is 105 Å². The Hall–Kier alpha value is -2.90. The highest BCUT2D eigenvalue weighted by atomic mass is 16.6. The number of carbonyl (C=O) groups is 2. The SMILES string of the molecule is C[C@H]([C@H](NC(=O)OCC1c2ccccc2-c2ccccc21)C(=O)OC(C1CC1)C1CC1)[C@@H](O)CO. The zero-order valence-corrected chi connectivity index (χ0v) is 19.9. The third-order valence-electron chi connectivity index (χ3n) is 7.62. The van der Waals surface area contributed by atoms with Gasteiger partial charge in [-0.1, -0.05) is 55.5 Å². The number of alkyl carbamates (subject to hydrolysis) is 1. The van der Waals surface area contributed by atoms with Crippen LogP contribution in [0, 0.1) is 17.8 Å². The molecule has 0 spiro atoms. The molecule has 0 bridgehead atoms. The largest absolute Gasteiger partial charge is 0.460 e. The van der Waals surface area contributed by atoms with Gasteiger partial charge in [-0.25, -0.2) is 9.59 Å². The minimum absolute atomic E-state index is 0.104. The molecule has 3 aliphatic carbocycles. The van der Waals surface area contributed by atoms with Crippen LogP contribution >= 0.6 is 0 Å². The number of fused-ring (bicyclic) bond motifs is 3. The third kappa shape index (κ3) is 5.07. The van der Waals surface area contributed by atoms with Gasteiger partial charge in [-0.3, -0.25) is 0 Å². The normalized spacial score (nSPS) is 19.4. The Bertz CT molecular complexity index is 1020. The van der Waals surface area contributed by atoms with Gasteiger partial charge in [-0.15, -0.1) is 0 Å². The number of nitrogens with one attached hydrogen (secondary N) is 1. The Kier molecular flexibility index (Phi) is 6.80. The van der Waals surface area contributed by atoms with Crippen LogP contribution in [0.2, 0.25) is 0 Å². The molecule has 0 aliphatic heterocycles. The van der Waals surface area contributed by atoms with E-state index < -0.39 is 36.7 Å². The minimum Gasteiger partial charge on any atom is -0.460 e. The lowest BCUT2D eigenvalue weighted by Crippen LogP contribution is -2.51. The van der Waals surface area contributed by atoms with E-state index in [1.807, 2.05) is 36.4 Å². The predicted molar refractivity (Wildman–Crippen MR) is 130 cm³/mol. The third-order valence-corrected chi connectivity index (χ3v) is 7.62. The van der Waals surface area contributed by atoms with Crippen molar-refractivity contribution in [2.45, 2.75) is 56.8 Å². The first-order valence-corrected chi connectivity index (χ1v) is 12.6. The summed E-state index contributed by atoms with van der Waals surface area (Å²) in [5, 5.41) is 22.3. The van der Waals surface area contributed by atoms with Gasteiger partial charge < -0.3 is 25.0 Å². The van der Waals surface area contributed by atoms with E-state index in [-0.39, 0.29) is 18.6 Å². The summed E-state index contributed by atoms with van der Waals surface area (Å²) in [4.78, 5) is 26.0. The summed E-state index contributed by atoms with van der Waals surface area (Å²) >= 11 is 0. The van der Waals surface area contributed by atoms with E-state index in [4.69, 9.17) is 9.47 Å². The molecule has 0 unspecified atom stereocenters. The van der Waals surface area contributed by atoms with Crippen LogP contribution in [-0.4, -0.2) is 53.7 Å². The number of amides is 1. The van der Waals surface area contributed by atoms with Crippen molar-refractivity contribution < 1.29 is 29.3 Å². The van der Waals surface area contributed by atoms with Crippen LogP contribution in [0.5, 0.6) is 0 Å². The molecule has 2 saturated carbocycles. The lowest BCUT2D eigenvalue weighted by Gasteiger charge is -2.28. The van der Waals surface area contributed by atoms with E-state index in [0.29, 0.717) is 11.8 Å². The highest BCUT2D eigenvalue weighted by Gasteiger charge is 2.46. The molecular weight excluding hydrogens is 446 g/mol. The van der Waals surface area contributed by atoms with E-state index in [2.05, 4.69) is 17.4 Å². The second kappa shape index (κ2) is 9.99. The van der Waals surface area contributed by atoms with Crippen molar-refractivity contribution in [1.29, 1.82) is 0 Å². The van der Waals surface area contributed by atoms with E-state index in [9.17, 15) is 19.8 Å². The Morgan fingerprint density at radius 1 is 0.971 bits per heavy atom. The number of hydrogen-bond donors (Lipinski definition) is 3. The number of aliphatic hydroxyl groups is 2. The van der Waals surface area contributed by atoms with Crippen LogP contribution in [0.1, 0.15) is 49.7 Å². The lowest BCUT2D eigenvalue weighted by atomic mass is 9.96. The van der Waals surface area contributed by atoms with E-state index in [0.717, 1.165) is 47.9 Å². The van der Waals surface area contributed by atoms with E-state index in [1.54, 1.807) is 6.92 Å². The first kappa shape index (κ1) is 23.8. The number of hydrogen-bond acceptors (Lipinski definition) is 6. The predicted octanol–water partition coefficient (Wildman–Crippen LogP) is 3.61. The molecule has 0 aromatic heterocycles. The lowest BCUT2D eigenvalue weighted by molar-refractivity contribution is -0.156. The minimum atomic E-state index is -1.18. The summed E-state index contributed by atoms with van der Waals surface area (Å²) < 4.78 is 11.5. The summed E-state index contributed by atoms with van der Waals surface area (Å²) in [5.74, 6) is -0.651. The number of carbonyl (C=O) groups excluding carboxylic acids is 2. The molecule has 0 radical (unpaired) electrons. The van der Waals surface area contributed by atoms with Gasteiger partial charge in [0.1, 0.15) is 18.8 Å². The maximum absolute atomic E-state index is 13.1. The van der Waals surface area contributed by atoms with Gasteiger partial charge in [0.25, 0.3) is 0 Å². The first-order chi connectivity index (χ1) is 17.0. The molecule has 5 rings (SSSR count). The van der Waals surface area contributed by atoms with Crippen molar-refractivity contribution >= 4 is 12.1 Å². The number of ether oxygens (including phenoxy) is 2. The molecule has 2 aromatic carbocycles. The van der Waals surface area contributed by atoms with Crippen molar-refractivity contribution in [2.75, 3.05) is 13.2 Å². The van der Waals surface area contributed by atoms with Gasteiger partial charge in [0, 0.05) is 11.8 Å². The molecule has 0 heterocycles. The maximum Gasteiger partial charge on any atom is 0.407 e. The van der Waals surface area contributed by atoms with Gasteiger partial charge in [0.2, 0.25) is 0 Å². The molecule has 2 aromatic rings. The molecule has 7 heteroatoms. The summed E-state index contributed by atoms with van der Waals surface area (Å²) in [5.41, 5.74) is 4.45. The summed E-state index contributed by atoms with van der Waals surface area (Å²) in [6.07, 6.45) is 2.14. The van der Waals surface area contributed by atoms with Crippen LogP contribution in [0.4, 0.5) is 4.79 Å². The second-order valence-electron chi connectivity index (χ2n) is 10.1. The van der Waals surface area contributed by atoms with Crippen LogP contribution in [-0.2, 0) is 14.3 Å². The Labute approximate surface area is 205 Å². The van der Waals surface area contributed by atoms with Crippen LogP contribution < -0.4 is 5.32 Å². The molecule has 0 saturated heterocycles. The molecule has 35 heavy (non-hydrogen) atoms. The molecule has 7 nitrogen and oxygen atoms in total. The molecule has 1 amide bonds. The first-order valence-electron chi connectivity index (χ1n) is 12.6. The molecule has 2 fully saturated rings. The van der Waals surface area contributed by atoms with Crippen molar-refractivity contribution in [1.82, 2.24) is 5.32 Å². The summed E-state index contributed by atoms with van der Waals surface area (Å²) in [6, 6.07) is 15.0. The van der Waals surface area contributed by atoms with Crippen LogP contribution in [0.3, 0.4) is 0 Å². The fraction of sp³-hybridized carbons (Fsp3) is 0.500. The number of rotatable bonds is 10. The number of esters is 1. The Morgan fingerprint density at radius 2 is 1.51 bits per heavy atom. The fourth-order valence-corrected chi connectivity index (χ4v) is 5.19. The standard InChI is InChI=1S/C28H33NO6/c1-16(24(31)14-30)25(27(32)35-26(17-10-11-17)18-12-13-18)29-28(33)34-15-23-21-8-4-2-6-19(21)20-7-3-5-9-22(20)23/h2-9,16-18,23-26,30-31H,10-15H2,1H3,(H,29,33)/t16-,24-,25-/m0/s1. The van der Waals surface area contributed by atoms with Gasteiger partial charge >= 0.3 is 12.1 Å². The molecular formula is C28H33NO6. The Balaban J connectivity index is 1.26.